The maximum absolute atomic E-state index is 13.4. The molecule has 20 heavy (non-hydrogen) atoms. The van der Waals surface area contributed by atoms with E-state index in [9.17, 15) is 8.78 Å². The van der Waals surface area contributed by atoms with Gasteiger partial charge in [0.05, 0.1) is 10.6 Å². The quantitative estimate of drug-likeness (QED) is 0.893. The number of hydrogen-bond donors (Lipinski definition) is 1. The fraction of sp³-hybridized carbons (Fsp3) is 0.133. The molecule has 0 radical (unpaired) electrons. The van der Waals surface area contributed by atoms with E-state index in [4.69, 9.17) is 16.9 Å². The van der Waals surface area contributed by atoms with E-state index in [1.807, 2.05) is 6.92 Å². The highest BCUT2D eigenvalue weighted by molar-refractivity contribution is 6.30. The van der Waals surface area contributed by atoms with E-state index in [1.165, 1.54) is 30.3 Å². The third kappa shape index (κ3) is 3.06. The van der Waals surface area contributed by atoms with Gasteiger partial charge in [0.15, 0.2) is 0 Å². The average Bonchev–Trinajstić information content (AvgIpc) is 2.43. The van der Waals surface area contributed by atoms with Crippen molar-refractivity contribution in [1.29, 1.82) is 5.26 Å². The van der Waals surface area contributed by atoms with Gasteiger partial charge in [-0.15, -0.1) is 0 Å². The van der Waals surface area contributed by atoms with Crippen LogP contribution in [0.4, 0.5) is 14.5 Å². The summed E-state index contributed by atoms with van der Waals surface area (Å²) in [5.41, 5.74) is 1.25. The van der Waals surface area contributed by atoms with E-state index in [0.717, 1.165) is 0 Å². The topological polar surface area (TPSA) is 35.8 Å². The summed E-state index contributed by atoms with van der Waals surface area (Å²) < 4.78 is 26.6. The van der Waals surface area contributed by atoms with Crippen molar-refractivity contribution in [2.24, 2.45) is 0 Å². The predicted octanol–water partition coefficient (Wildman–Crippen LogP) is 4.66. The lowest BCUT2D eigenvalue weighted by molar-refractivity contribution is 0.623. The molecule has 1 atom stereocenters. The Kier molecular flexibility index (Phi) is 4.21. The molecule has 5 heteroatoms. The number of nitrogens with one attached hydrogen (secondary N) is 1. The van der Waals surface area contributed by atoms with Gasteiger partial charge in [-0.2, -0.15) is 5.26 Å². The van der Waals surface area contributed by atoms with Crippen LogP contribution in [-0.2, 0) is 0 Å². The second-order valence-corrected chi connectivity index (χ2v) is 4.75. The van der Waals surface area contributed by atoms with Crippen molar-refractivity contribution in [3.05, 3.63) is 64.2 Å². The van der Waals surface area contributed by atoms with Crippen LogP contribution in [0.25, 0.3) is 0 Å². The summed E-state index contributed by atoms with van der Waals surface area (Å²) in [7, 11) is 0. The van der Waals surface area contributed by atoms with Crippen LogP contribution in [0.1, 0.15) is 24.1 Å². The molecular formula is C15H11ClF2N2. The SMILES string of the molecule is CC(Nc1ccc(F)c(C#N)c1)c1ccc(Cl)c(F)c1. The van der Waals surface area contributed by atoms with Crippen molar-refractivity contribution in [3.8, 4) is 6.07 Å². The summed E-state index contributed by atoms with van der Waals surface area (Å²) in [6.07, 6.45) is 0. The van der Waals surface area contributed by atoms with E-state index >= 15 is 0 Å². The van der Waals surface area contributed by atoms with Gasteiger partial charge >= 0.3 is 0 Å². The molecule has 0 saturated carbocycles. The van der Waals surface area contributed by atoms with E-state index in [1.54, 1.807) is 12.1 Å². The molecule has 0 saturated heterocycles. The molecular weight excluding hydrogens is 282 g/mol. The van der Waals surface area contributed by atoms with Gasteiger partial charge in [0, 0.05) is 11.7 Å². The molecule has 0 bridgehead atoms. The molecule has 2 aromatic rings. The molecule has 2 aromatic carbocycles. The number of nitriles is 1. The maximum Gasteiger partial charge on any atom is 0.142 e. The first-order valence-electron chi connectivity index (χ1n) is 5.92. The molecule has 1 N–H and O–H groups in total. The minimum atomic E-state index is -0.566. The van der Waals surface area contributed by atoms with Gasteiger partial charge < -0.3 is 5.32 Å². The van der Waals surface area contributed by atoms with Gasteiger partial charge in [0.2, 0.25) is 0 Å². The van der Waals surface area contributed by atoms with Crippen LogP contribution in [0, 0.1) is 23.0 Å². The molecule has 1 unspecified atom stereocenters. The van der Waals surface area contributed by atoms with Gasteiger partial charge in [-0.3, -0.25) is 0 Å². The first kappa shape index (κ1) is 14.3. The van der Waals surface area contributed by atoms with Gasteiger partial charge in [0.1, 0.15) is 17.7 Å². The first-order chi connectivity index (χ1) is 9.51. The number of hydrogen-bond acceptors (Lipinski definition) is 2. The number of nitrogens with zero attached hydrogens (tertiary/aromatic N) is 1. The van der Waals surface area contributed by atoms with E-state index in [2.05, 4.69) is 5.32 Å². The lowest BCUT2D eigenvalue weighted by Crippen LogP contribution is -2.07. The Morgan fingerprint density at radius 3 is 2.55 bits per heavy atom. The Morgan fingerprint density at radius 1 is 1.15 bits per heavy atom. The van der Waals surface area contributed by atoms with E-state index in [-0.39, 0.29) is 16.6 Å². The van der Waals surface area contributed by atoms with Crippen molar-refractivity contribution in [1.82, 2.24) is 0 Å². The highest BCUT2D eigenvalue weighted by atomic mass is 35.5. The second-order valence-electron chi connectivity index (χ2n) is 4.35. The third-order valence-electron chi connectivity index (χ3n) is 2.91. The van der Waals surface area contributed by atoms with Crippen molar-refractivity contribution in [2.45, 2.75) is 13.0 Å². The normalized spacial score (nSPS) is 11.8. The molecule has 0 fully saturated rings. The molecule has 2 rings (SSSR count). The Hall–Kier alpha value is -2.12. The highest BCUT2D eigenvalue weighted by Crippen LogP contribution is 2.24. The zero-order valence-electron chi connectivity index (χ0n) is 10.6. The minimum absolute atomic E-state index is 0.0375. The predicted molar refractivity (Wildman–Crippen MR) is 74.6 cm³/mol. The third-order valence-corrected chi connectivity index (χ3v) is 3.22. The zero-order valence-corrected chi connectivity index (χ0v) is 11.4. The summed E-state index contributed by atoms with van der Waals surface area (Å²) in [6, 6.07) is 10.3. The van der Waals surface area contributed by atoms with E-state index < -0.39 is 11.6 Å². The number of anilines is 1. The summed E-state index contributed by atoms with van der Waals surface area (Å²) in [6.45, 7) is 1.83. The highest BCUT2D eigenvalue weighted by Gasteiger charge is 2.10. The lowest BCUT2D eigenvalue weighted by atomic mass is 10.1. The summed E-state index contributed by atoms with van der Waals surface area (Å²) >= 11 is 5.63. The fourth-order valence-corrected chi connectivity index (χ4v) is 1.93. The minimum Gasteiger partial charge on any atom is -0.378 e. The van der Waals surface area contributed by atoms with Crippen LogP contribution in [0.3, 0.4) is 0 Å². The molecule has 0 aromatic heterocycles. The van der Waals surface area contributed by atoms with Crippen molar-refractivity contribution < 1.29 is 8.78 Å². The van der Waals surface area contributed by atoms with Gasteiger partial charge in [-0.05, 0) is 42.8 Å². The Balaban J connectivity index is 2.21. The largest absolute Gasteiger partial charge is 0.378 e. The molecule has 0 aliphatic rings. The molecule has 102 valence electrons. The number of halogens is 3. The second kappa shape index (κ2) is 5.89. The number of benzene rings is 2. The molecule has 0 amide bonds. The number of rotatable bonds is 3. The maximum atomic E-state index is 13.4. The smallest absolute Gasteiger partial charge is 0.142 e. The van der Waals surface area contributed by atoms with Crippen LogP contribution in [0.2, 0.25) is 5.02 Å². The molecule has 0 aliphatic carbocycles. The van der Waals surface area contributed by atoms with Crippen LogP contribution >= 0.6 is 11.6 Å². The molecule has 0 spiro atoms. The Morgan fingerprint density at radius 2 is 1.90 bits per heavy atom. The summed E-state index contributed by atoms with van der Waals surface area (Å²) in [4.78, 5) is 0. The van der Waals surface area contributed by atoms with Crippen molar-refractivity contribution in [3.63, 3.8) is 0 Å². The van der Waals surface area contributed by atoms with Crippen LogP contribution < -0.4 is 5.32 Å². The van der Waals surface area contributed by atoms with Gasteiger partial charge in [0.25, 0.3) is 0 Å². The first-order valence-corrected chi connectivity index (χ1v) is 6.30. The molecule has 2 nitrogen and oxygen atoms in total. The Bertz CT molecular complexity index is 680. The van der Waals surface area contributed by atoms with Crippen molar-refractivity contribution in [2.75, 3.05) is 5.32 Å². The molecule has 0 heterocycles. The average molecular weight is 293 g/mol. The van der Waals surface area contributed by atoms with Gasteiger partial charge in [-0.1, -0.05) is 17.7 Å². The summed E-state index contributed by atoms with van der Waals surface area (Å²) in [5, 5.41) is 11.9. The van der Waals surface area contributed by atoms with Crippen LogP contribution in [0.5, 0.6) is 0 Å². The van der Waals surface area contributed by atoms with Crippen LogP contribution in [-0.4, -0.2) is 0 Å². The fourth-order valence-electron chi connectivity index (χ4n) is 1.82. The Labute approximate surface area is 120 Å². The standard InChI is InChI=1S/C15H11ClF2N2/c1-9(10-2-4-13(16)15(18)7-10)20-12-3-5-14(17)11(6-12)8-19/h2-7,9,20H,1H3. The lowest BCUT2D eigenvalue weighted by Gasteiger charge is -2.16. The monoisotopic (exact) mass is 292 g/mol. The van der Waals surface area contributed by atoms with Crippen molar-refractivity contribution >= 4 is 17.3 Å². The van der Waals surface area contributed by atoms with Crippen LogP contribution in [0.15, 0.2) is 36.4 Å². The van der Waals surface area contributed by atoms with E-state index in [0.29, 0.717) is 11.3 Å². The van der Waals surface area contributed by atoms with Gasteiger partial charge in [-0.25, -0.2) is 8.78 Å². The summed E-state index contributed by atoms with van der Waals surface area (Å²) in [5.74, 6) is -1.06. The molecule has 0 aliphatic heterocycles. The zero-order chi connectivity index (χ0) is 14.7.